The van der Waals surface area contributed by atoms with Crippen LogP contribution in [0.1, 0.15) is 29.5 Å². The lowest BCUT2D eigenvalue weighted by atomic mass is 9.90. The molecule has 1 atom stereocenters. The normalized spacial score (nSPS) is 15.9. The molecule has 0 amide bonds. The van der Waals surface area contributed by atoms with Gasteiger partial charge in [0.2, 0.25) is 5.60 Å². The highest BCUT2D eigenvalue weighted by Crippen LogP contribution is 2.42. The van der Waals surface area contributed by atoms with Gasteiger partial charge in [-0.05, 0) is 49.6 Å². The molecule has 0 radical (unpaired) electrons. The molecule has 0 unspecified atom stereocenters. The highest BCUT2D eigenvalue weighted by Gasteiger charge is 2.55. The number of aryl methyl sites for hydroxylation is 1. The second-order valence-electron chi connectivity index (χ2n) is 7.00. The number of ether oxygens (including phenoxy) is 1. The Bertz CT molecular complexity index is 893. The molecule has 28 heavy (non-hydrogen) atoms. The highest BCUT2D eigenvalue weighted by molar-refractivity contribution is 5.58. The van der Waals surface area contributed by atoms with Crippen molar-refractivity contribution in [2.75, 3.05) is 12.4 Å². The number of anilines is 1. The third-order valence-electron chi connectivity index (χ3n) is 4.65. The van der Waals surface area contributed by atoms with E-state index in [2.05, 4.69) is 17.2 Å². The molecular weight excluding hydrogens is 367 g/mol. The lowest BCUT2D eigenvalue weighted by Gasteiger charge is -2.28. The minimum Gasteiger partial charge on any atom is -0.497 e. The van der Waals surface area contributed by atoms with Crippen molar-refractivity contribution < 1.29 is 23.0 Å². The monoisotopic (exact) mass is 389 g/mol. The van der Waals surface area contributed by atoms with Crippen molar-refractivity contribution >= 4 is 5.69 Å². The van der Waals surface area contributed by atoms with Gasteiger partial charge < -0.3 is 15.2 Å². The highest BCUT2D eigenvalue weighted by atomic mass is 19.4. The zero-order valence-electron chi connectivity index (χ0n) is 15.7. The first-order valence-electron chi connectivity index (χ1n) is 9.02. The van der Waals surface area contributed by atoms with Gasteiger partial charge in [-0.3, -0.25) is 0 Å². The molecule has 1 fully saturated rings. The maximum absolute atomic E-state index is 13.8. The van der Waals surface area contributed by atoms with Crippen LogP contribution in [0.2, 0.25) is 0 Å². The lowest BCUT2D eigenvalue weighted by molar-refractivity contribution is -0.240. The van der Waals surface area contributed by atoms with Crippen molar-refractivity contribution in [2.45, 2.75) is 38.1 Å². The van der Waals surface area contributed by atoms with Crippen molar-refractivity contribution in [1.29, 1.82) is 0 Å². The summed E-state index contributed by atoms with van der Waals surface area (Å²) in [4.78, 5) is 0. The molecule has 0 spiro atoms. The van der Waals surface area contributed by atoms with Crippen LogP contribution in [-0.2, 0) is 12.1 Å². The second-order valence-corrected chi connectivity index (χ2v) is 7.00. The van der Waals surface area contributed by atoms with E-state index in [9.17, 15) is 18.3 Å². The number of hydrogen-bond donors (Lipinski definition) is 2. The summed E-state index contributed by atoms with van der Waals surface area (Å²) in [5.41, 5.74) is -1.81. The van der Waals surface area contributed by atoms with Gasteiger partial charge in [-0.25, -0.2) is 0 Å². The van der Waals surface area contributed by atoms with Crippen LogP contribution in [-0.4, -0.2) is 18.4 Å². The molecule has 0 aromatic heterocycles. The molecule has 0 bridgehead atoms. The number of aliphatic hydroxyl groups is 1. The third-order valence-corrected chi connectivity index (χ3v) is 4.65. The molecule has 1 aliphatic rings. The molecule has 0 aliphatic heterocycles. The molecule has 1 aliphatic carbocycles. The molecule has 0 heterocycles. The van der Waals surface area contributed by atoms with Crippen molar-refractivity contribution in [1.82, 2.24) is 0 Å². The van der Waals surface area contributed by atoms with E-state index in [1.807, 2.05) is 12.1 Å². The van der Waals surface area contributed by atoms with Crippen LogP contribution in [0.15, 0.2) is 42.5 Å². The summed E-state index contributed by atoms with van der Waals surface area (Å²) < 4.78 is 46.6. The summed E-state index contributed by atoms with van der Waals surface area (Å²) in [6.45, 7) is 1.98. The van der Waals surface area contributed by atoms with E-state index >= 15 is 0 Å². The number of methoxy groups -OCH3 is 1. The minimum absolute atomic E-state index is 0.0607. The van der Waals surface area contributed by atoms with Gasteiger partial charge in [-0.1, -0.05) is 35.6 Å². The predicted octanol–water partition coefficient (Wildman–Crippen LogP) is 4.78. The summed E-state index contributed by atoms with van der Waals surface area (Å²) in [7, 11) is 1.56. The smallest absolute Gasteiger partial charge is 0.433 e. The van der Waals surface area contributed by atoms with Crippen molar-refractivity contribution in [3.8, 4) is 17.6 Å². The Balaban J connectivity index is 1.93. The SMILES string of the molecule is COc1ccc(CNc2ccc(C)cc2[C@@](O)(C#CC2CC2)C(F)(F)F)cc1. The van der Waals surface area contributed by atoms with Crippen LogP contribution in [0.4, 0.5) is 18.9 Å². The first-order chi connectivity index (χ1) is 13.2. The molecule has 2 aromatic carbocycles. The number of nitrogens with one attached hydrogen (secondary N) is 1. The van der Waals surface area contributed by atoms with Gasteiger partial charge in [0, 0.05) is 23.7 Å². The van der Waals surface area contributed by atoms with Crippen LogP contribution < -0.4 is 10.1 Å². The fourth-order valence-corrected chi connectivity index (χ4v) is 2.78. The molecule has 3 nitrogen and oxygen atoms in total. The van der Waals surface area contributed by atoms with E-state index in [0.717, 1.165) is 18.4 Å². The maximum atomic E-state index is 13.8. The Morgan fingerprint density at radius 2 is 1.82 bits per heavy atom. The van der Waals surface area contributed by atoms with Gasteiger partial charge in [-0.2, -0.15) is 13.2 Å². The predicted molar refractivity (Wildman–Crippen MR) is 102 cm³/mol. The first-order valence-corrected chi connectivity index (χ1v) is 9.02. The number of benzene rings is 2. The maximum Gasteiger partial charge on any atom is 0.433 e. The lowest BCUT2D eigenvalue weighted by Crippen LogP contribution is -2.41. The molecule has 0 saturated heterocycles. The van der Waals surface area contributed by atoms with Gasteiger partial charge in [0.05, 0.1) is 7.11 Å². The molecule has 2 aromatic rings. The Hall–Kier alpha value is -2.65. The van der Waals surface area contributed by atoms with E-state index in [-0.39, 0.29) is 17.2 Å². The zero-order valence-corrected chi connectivity index (χ0v) is 15.7. The summed E-state index contributed by atoms with van der Waals surface area (Å²) >= 11 is 0. The van der Waals surface area contributed by atoms with Gasteiger partial charge >= 0.3 is 6.18 Å². The van der Waals surface area contributed by atoms with E-state index in [0.29, 0.717) is 17.9 Å². The fourth-order valence-electron chi connectivity index (χ4n) is 2.78. The van der Waals surface area contributed by atoms with E-state index < -0.39 is 11.8 Å². The van der Waals surface area contributed by atoms with Gasteiger partial charge in [0.1, 0.15) is 5.75 Å². The number of halogens is 3. The van der Waals surface area contributed by atoms with Gasteiger partial charge in [0.15, 0.2) is 0 Å². The van der Waals surface area contributed by atoms with E-state index in [1.54, 1.807) is 38.3 Å². The van der Waals surface area contributed by atoms with E-state index in [1.165, 1.54) is 6.07 Å². The van der Waals surface area contributed by atoms with Crippen LogP contribution in [0.3, 0.4) is 0 Å². The van der Waals surface area contributed by atoms with Crippen LogP contribution in [0.25, 0.3) is 0 Å². The molecule has 6 heteroatoms. The van der Waals surface area contributed by atoms with Crippen LogP contribution >= 0.6 is 0 Å². The topological polar surface area (TPSA) is 41.5 Å². The molecular formula is C22H22F3NO2. The van der Waals surface area contributed by atoms with Crippen molar-refractivity contribution in [3.63, 3.8) is 0 Å². The summed E-state index contributed by atoms with van der Waals surface area (Å²) in [5.74, 6) is 5.33. The Morgan fingerprint density at radius 1 is 1.14 bits per heavy atom. The zero-order chi connectivity index (χ0) is 20.4. The number of alkyl halides is 3. The number of rotatable bonds is 5. The molecule has 3 rings (SSSR count). The van der Waals surface area contributed by atoms with Crippen LogP contribution in [0, 0.1) is 24.7 Å². The first kappa shape index (κ1) is 20.1. The summed E-state index contributed by atoms with van der Waals surface area (Å²) in [6.07, 6.45) is -3.37. The van der Waals surface area contributed by atoms with Crippen molar-refractivity contribution in [3.05, 3.63) is 59.2 Å². The third kappa shape index (κ3) is 4.42. The summed E-state index contributed by atoms with van der Waals surface area (Å²) in [5, 5.41) is 13.6. The molecule has 148 valence electrons. The van der Waals surface area contributed by atoms with Crippen LogP contribution in [0.5, 0.6) is 5.75 Å². The molecule has 1 saturated carbocycles. The average Bonchev–Trinajstić information content (AvgIpc) is 3.49. The Labute approximate surface area is 162 Å². The van der Waals surface area contributed by atoms with E-state index in [4.69, 9.17) is 4.74 Å². The minimum atomic E-state index is -4.92. The van der Waals surface area contributed by atoms with Gasteiger partial charge in [-0.15, -0.1) is 0 Å². The van der Waals surface area contributed by atoms with Gasteiger partial charge in [0.25, 0.3) is 0 Å². The fraction of sp³-hybridized carbons (Fsp3) is 0.364. The standard InChI is InChI=1S/C22H22F3NO2/c1-15-3-10-20(26-14-17-6-8-18(28-2)9-7-17)19(13-15)21(27,22(23,24)25)12-11-16-4-5-16/h3,6-10,13,16,26-27H,4-5,14H2,1-2H3/t21-/m0/s1. The summed E-state index contributed by atoms with van der Waals surface area (Å²) in [6, 6.07) is 11.8. The van der Waals surface area contributed by atoms with Crippen molar-refractivity contribution in [2.24, 2.45) is 5.92 Å². The quantitative estimate of drug-likeness (QED) is 0.724. The second kappa shape index (κ2) is 7.76. The largest absolute Gasteiger partial charge is 0.497 e. The molecule has 2 N–H and O–H groups in total. The number of hydrogen-bond acceptors (Lipinski definition) is 3. The average molecular weight is 389 g/mol. The Kier molecular flexibility index (Phi) is 5.57. The Morgan fingerprint density at radius 3 is 2.39 bits per heavy atom.